The number of carbonyl (C=O) groups is 1. The Balaban J connectivity index is 1.76. The lowest BCUT2D eigenvalue weighted by Gasteiger charge is -2.20. The van der Waals surface area contributed by atoms with Gasteiger partial charge in [0.05, 0.1) is 11.4 Å². The normalized spacial score (nSPS) is 10.6. The number of aryl methyl sites for hydroxylation is 2. The molecule has 28 heavy (non-hydrogen) atoms. The number of nitrogens with one attached hydrogen (secondary N) is 1. The van der Waals surface area contributed by atoms with Crippen molar-refractivity contribution in [3.8, 4) is 11.6 Å². The highest BCUT2D eigenvalue weighted by Crippen LogP contribution is 2.24. The number of nitrogens with two attached hydrogens (primary N) is 2. The third kappa shape index (κ3) is 4.13. The molecule has 0 bridgehead atoms. The second-order valence-corrected chi connectivity index (χ2v) is 6.30. The second kappa shape index (κ2) is 8.55. The number of hydrogen-bond acceptors (Lipinski definition) is 5. The van der Waals surface area contributed by atoms with Crippen molar-refractivity contribution in [2.75, 3.05) is 5.01 Å². The SMILES string of the molecule is CCc1ccc(-n2ccc(OCc3c(C)cccc3N(N)C(=O)NN)n2)cc1. The zero-order chi connectivity index (χ0) is 20.1. The molecule has 0 radical (unpaired) electrons. The highest BCUT2D eigenvalue weighted by molar-refractivity contribution is 5.91. The van der Waals surface area contributed by atoms with E-state index in [-0.39, 0.29) is 6.61 Å². The third-order valence-corrected chi connectivity index (χ3v) is 4.53. The first-order chi connectivity index (χ1) is 13.5. The predicted octanol–water partition coefficient (Wildman–Crippen LogP) is 2.59. The Labute approximate surface area is 163 Å². The molecule has 2 aromatic carbocycles. The summed E-state index contributed by atoms with van der Waals surface area (Å²) in [5, 5.41) is 5.41. The largest absolute Gasteiger partial charge is 0.472 e. The minimum atomic E-state index is -0.619. The fourth-order valence-electron chi connectivity index (χ4n) is 2.84. The van der Waals surface area contributed by atoms with Crippen LogP contribution in [0.1, 0.15) is 23.6 Å². The minimum Gasteiger partial charge on any atom is -0.472 e. The summed E-state index contributed by atoms with van der Waals surface area (Å²) in [6.45, 7) is 4.25. The molecule has 0 spiro atoms. The summed E-state index contributed by atoms with van der Waals surface area (Å²) in [7, 11) is 0. The van der Waals surface area contributed by atoms with Gasteiger partial charge in [-0.3, -0.25) is 5.43 Å². The van der Waals surface area contributed by atoms with Crippen LogP contribution in [-0.2, 0) is 13.0 Å². The molecule has 1 aromatic heterocycles. The Kier molecular flexibility index (Phi) is 5.93. The van der Waals surface area contributed by atoms with E-state index < -0.39 is 6.03 Å². The molecule has 0 fully saturated rings. The third-order valence-electron chi connectivity index (χ3n) is 4.53. The molecule has 0 aliphatic heterocycles. The summed E-state index contributed by atoms with van der Waals surface area (Å²) in [6.07, 6.45) is 2.83. The van der Waals surface area contributed by atoms with E-state index >= 15 is 0 Å². The van der Waals surface area contributed by atoms with Gasteiger partial charge in [0.2, 0.25) is 5.88 Å². The number of carbonyl (C=O) groups excluding carboxylic acids is 1. The van der Waals surface area contributed by atoms with Gasteiger partial charge in [0, 0.05) is 17.8 Å². The van der Waals surface area contributed by atoms with Crippen LogP contribution in [0.3, 0.4) is 0 Å². The molecule has 3 aromatic rings. The summed E-state index contributed by atoms with van der Waals surface area (Å²) < 4.78 is 7.60. The Hall–Kier alpha value is -3.36. The molecule has 0 saturated carbocycles. The number of hydrazine groups is 2. The first kappa shape index (κ1) is 19.4. The molecule has 0 aliphatic carbocycles. The Bertz CT molecular complexity index is 952. The van der Waals surface area contributed by atoms with Gasteiger partial charge in [0.25, 0.3) is 0 Å². The molecule has 0 aliphatic rings. The molecule has 0 atom stereocenters. The van der Waals surface area contributed by atoms with E-state index in [9.17, 15) is 4.79 Å². The molecular weight excluding hydrogens is 356 g/mol. The summed E-state index contributed by atoms with van der Waals surface area (Å²) >= 11 is 0. The van der Waals surface area contributed by atoms with Crippen molar-refractivity contribution < 1.29 is 9.53 Å². The molecule has 3 rings (SSSR count). The molecule has 8 nitrogen and oxygen atoms in total. The predicted molar refractivity (Wildman–Crippen MR) is 108 cm³/mol. The van der Waals surface area contributed by atoms with Crippen molar-refractivity contribution in [3.05, 3.63) is 71.4 Å². The molecule has 0 unspecified atom stereocenters. The zero-order valence-corrected chi connectivity index (χ0v) is 15.9. The minimum absolute atomic E-state index is 0.208. The number of urea groups is 1. The first-order valence-corrected chi connectivity index (χ1v) is 8.95. The Morgan fingerprint density at radius 3 is 2.64 bits per heavy atom. The molecule has 1 heterocycles. The number of nitrogens with zero attached hydrogens (tertiary/aromatic N) is 3. The van der Waals surface area contributed by atoms with Crippen molar-refractivity contribution in [2.45, 2.75) is 26.9 Å². The molecule has 146 valence electrons. The average Bonchev–Trinajstić information content (AvgIpc) is 3.20. The highest BCUT2D eigenvalue weighted by Gasteiger charge is 2.16. The summed E-state index contributed by atoms with van der Waals surface area (Å²) in [4.78, 5) is 11.8. The monoisotopic (exact) mass is 380 g/mol. The van der Waals surface area contributed by atoms with E-state index in [2.05, 4.69) is 24.2 Å². The molecule has 8 heteroatoms. The number of hydrogen-bond donors (Lipinski definition) is 3. The number of ether oxygens (including phenoxy) is 1. The first-order valence-electron chi connectivity index (χ1n) is 8.95. The van der Waals surface area contributed by atoms with Crippen LogP contribution < -0.4 is 26.9 Å². The van der Waals surface area contributed by atoms with E-state index in [4.69, 9.17) is 16.4 Å². The van der Waals surface area contributed by atoms with Gasteiger partial charge < -0.3 is 4.74 Å². The van der Waals surface area contributed by atoms with Crippen LogP contribution in [0, 0.1) is 6.92 Å². The number of benzene rings is 2. The van der Waals surface area contributed by atoms with Crippen LogP contribution in [0.25, 0.3) is 5.69 Å². The standard InChI is InChI=1S/C20H24N6O2/c1-3-15-7-9-16(10-8-15)25-12-11-19(24-25)28-13-17-14(2)5-4-6-18(17)26(22)20(27)23-21/h4-12H,3,13,21-22H2,1-2H3,(H,23,27). The number of rotatable bonds is 6. The fraction of sp³-hybridized carbons (Fsp3) is 0.200. The maximum atomic E-state index is 11.8. The van der Waals surface area contributed by atoms with Gasteiger partial charge in [-0.2, -0.15) is 0 Å². The van der Waals surface area contributed by atoms with Gasteiger partial charge in [0.1, 0.15) is 6.61 Å². The van der Waals surface area contributed by atoms with E-state index in [0.29, 0.717) is 11.6 Å². The van der Waals surface area contributed by atoms with Gasteiger partial charge in [-0.15, -0.1) is 5.10 Å². The summed E-state index contributed by atoms with van der Waals surface area (Å²) in [5.41, 5.74) is 6.47. The molecule has 5 N–H and O–H groups in total. The second-order valence-electron chi connectivity index (χ2n) is 6.30. The maximum Gasteiger partial charge on any atom is 0.350 e. The van der Waals surface area contributed by atoms with Crippen LogP contribution in [0.15, 0.2) is 54.7 Å². The van der Waals surface area contributed by atoms with Gasteiger partial charge in [-0.05, 0) is 42.7 Å². The van der Waals surface area contributed by atoms with Crippen molar-refractivity contribution in [2.24, 2.45) is 11.7 Å². The van der Waals surface area contributed by atoms with Crippen molar-refractivity contribution in [1.29, 1.82) is 0 Å². The van der Waals surface area contributed by atoms with Crippen LogP contribution >= 0.6 is 0 Å². The number of aromatic nitrogens is 2. The van der Waals surface area contributed by atoms with Gasteiger partial charge >= 0.3 is 6.03 Å². The number of anilines is 1. The van der Waals surface area contributed by atoms with Gasteiger partial charge in [-0.1, -0.05) is 31.2 Å². The van der Waals surface area contributed by atoms with Crippen LogP contribution in [-0.4, -0.2) is 15.8 Å². The lowest BCUT2D eigenvalue weighted by atomic mass is 10.1. The van der Waals surface area contributed by atoms with Crippen molar-refractivity contribution in [1.82, 2.24) is 15.2 Å². The summed E-state index contributed by atoms with van der Waals surface area (Å²) in [5.74, 6) is 11.5. The van der Waals surface area contributed by atoms with E-state index in [1.807, 2.05) is 42.8 Å². The maximum absolute atomic E-state index is 11.8. The smallest absolute Gasteiger partial charge is 0.350 e. The highest BCUT2D eigenvalue weighted by atomic mass is 16.5. The average molecular weight is 380 g/mol. The Morgan fingerprint density at radius 1 is 1.21 bits per heavy atom. The van der Waals surface area contributed by atoms with Crippen molar-refractivity contribution in [3.63, 3.8) is 0 Å². The van der Waals surface area contributed by atoms with Gasteiger partial charge in [-0.25, -0.2) is 26.2 Å². The molecule has 0 saturated heterocycles. The lowest BCUT2D eigenvalue weighted by molar-refractivity contribution is 0.246. The van der Waals surface area contributed by atoms with Crippen LogP contribution in [0.4, 0.5) is 10.5 Å². The van der Waals surface area contributed by atoms with Crippen LogP contribution in [0.2, 0.25) is 0 Å². The van der Waals surface area contributed by atoms with Gasteiger partial charge in [0.15, 0.2) is 0 Å². The van der Waals surface area contributed by atoms with E-state index in [1.165, 1.54) is 5.56 Å². The molecular formula is C20H24N6O2. The van der Waals surface area contributed by atoms with Crippen molar-refractivity contribution >= 4 is 11.7 Å². The quantitative estimate of drug-likeness (QED) is 0.346. The fourth-order valence-corrected chi connectivity index (χ4v) is 2.84. The van der Waals surface area contributed by atoms with E-state index in [1.54, 1.807) is 16.8 Å². The van der Waals surface area contributed by atoms with E-state index in [0.717, 1.165) is 28.2 Å². The summed E-state index contributed by atoms with van der Waals surface area (Å²) in [6, 6.07) is 14.8. The topological polar surface area (TPSA) is 111 Å². The number of amides is 2. The Morgan fingerprint density at radius 2 is 1.96 bits per heavy atom. The van der Waals surface area contributed by atoms with Crippen LogP contribution in [0.5, 0.6) is 5.88 Å². The molecule has 2 amide bonds. The zero-order valence-electron chi connectivity index (χ0n) is 15.9. The lowest BCUT2D eigenvalue weighted by Crippen LogP contribution is -2.48.